The Morgan fingerprint density at radius 3 is 0.795 bits per heavy atom. The van der Waals surface area contributed by atoms with Gasteiger partial charge in [0.25, 0.3) is 0 Å². The summed E-state index contributed by atoms with van der Waals surface area (Å²) >= 11 is 0. The molecule has 222 valence electrons. The summed E-state index contributed by atoms with van der Waals surface area (Å²) < 4.78 is 0. The molecule has 0 radical (unpaired) electrons. The molecule has 0 saturated carbocycles. The lowest BCUT2D eigenvalue weighted by molar-refractivity contribution is -0.892. The molecule has 44 heavy (non-hydrogen) atoms. The van der Waals surface area contributed by atoms with Gasteiger partial charge in [-0.1, -0.05) is 96.5 Å². The lowest BCUT2D eigenvalue weighted by Gasteiger charge is -2.16. The molecule has 2 nitrogen and oxygen atoms in total. The average Bonchev–Trinajstić information content (AvgIpc) is 3.04. The van der Waals surface area contributed by atoms with Crippen LogP contribution in [0.15, 0.2) is 121 Å². The first kappa shape index (κ1) is 35.8. The number of nitrogens with one attached hydrogen (secondary N) is 2. The molecule has 0 spiro atoms. The van der Waals surface area contributed by atoms with E-state index in [0.717, 1.165) is 74.4 Å². The van der Waals surface area contributed by atoms with Gasteiger partial charge >= 0.3 is 0 Å². The molecule has 4 rings (SSSR count). The van der Waals surface area contributed by atoms with Gasteiger partial charge in [-0.3, -0.25) is 0 Å². The van der Waals surface area contributed by atoms with E-state index >= 15 is 0 Å². The van der Waals surface area contributed by atoms with Gasteiger partial charge in [-0.2, -0.15) is 0 Å². The molecule has 0 fully saturated rings. The van der Waals surface area contributed by atoms with Crippen molar-refractivity contribution in [1.29, 1.82) is 0 Å². The Kier molecular flexibility index (Phi) is 18.1. The number of hydrogen-bond donors (Lipinski definition) is 2. The fraction of sp³-hybridized carbons (Fsp3) is 0.200. The van der Waals surface area contributed by atoms with E-state index in [1.54, 1.807) is 0 Å². The third kappa shape index (κ3) is 14.7. The zero-order valence-electron chi connectivity index (χ0n) is 25.0. The predicted molar refractivity (Wildman–Crippen MR) is 174 cm³/mol. The fourth-order valence-electron chi connectivity index (χ4n) is 4.40. The fourth-order valence-corrected chi connectivity index (χ4v) is 4.40. The minimum absolute atomic E-state index is 0. The van der Waals surface area contributed by atoms with E-state index in [1.807, 2.05) is 72.8 Å². The van der Waals surface area contributed by atoms with E-state index in [4.69, 9.17) is 0 Å². The Bertz CT molecular complexity index is 1350. The summed E-state index contributed by atoms with van der Waals surface area (Å²) in [4.78, 5) is 2.80. The van der Waals surface area contributed by atoms with Crippen LogP contribution in [0.25, 0.3) is 0 Å². The van der Waals surface area contributed by atoms with Crippen LogP contribution >= 0.6 is 0 Å². The predicted octanol–water partition coefficient (Wildman–Crippen LogP) is -2.25. The van der Waals surface area contributed by atoms with E-state index in [-0.39, 0.29) is 24.8 Å². The van der Waals surface area contributed by atoms with Crippen molar-refractivity contribution in [2.75, 3.05) is 39.3 Å². The number of halogens is 2. The molecular weight excluding hydrogens is 579 g/mol. The molecule has 0 aromatic heterocycles. The van der Waals surface area contributed by atoms with Crippen LogP contribution in [0.1, 0.15) is 35.1 Å². The molecule has 0 aliphatic rings. The van der Waals surface area contributed by atoms with Crippen molar-refractivity contribution in [3.8, 4) is 47.4 Å². The Morgan fingerprint density at radius 2 is 0.568 bits per heavy atom. The molecule has 0 aliphatic heterocycles. The lowest BCUT2D eigenvalue weighted by atomic mass is 10.2. The van der Waals surface area contributed by atoms with Crippen molar-refractivity contribution in [3.63, 3.8) is 0 Å². The van der Waals surface area contributed by atoms with Gasteiger partial charge in [-0.05, 0) is 72.2 Å². The summed E-state index contributed by atoms with van der Waals surface area (Å²) in [6, 6.07) is 40.8. The van der Waals surface area contributed by atoms with Crippen molar-refractivity contribution in [2.24, 2.45) is 0 Å². The monoisotopic (exact) mass is 616 g/mol. The summed E-state index contributed by atoms with van der Waals surface area (Å²) in [5, 5.41) is 0. The van der Waals surface area contributed by atoms with Crippen LogP contribution in [-0.2, 0) is 0 Å². The van der Waals surface area contributed by atoms with Crippen molar-refractivity contribution in [2.45, 2.75) is 12.8 Å². The number of rotatable bonds is 9. The maximum absolute atomic E-state index is 3.39. The third-order valence-corrected chi connectivity index (χ3v) is 6.69. The van der Waals surface area contributed by atoms with Crippen molar-refractivity contribution in [3.05, 3.63) is 144 Å². The van der Waals surface area contributed by atoms with Crippen LogP contribution in [0, 0.1) is 47.4 Å². The van der Waals surface area contributed by atoms with Gasteiger partial charge in [0.1, 0.15) is 26.2 Å². The summed E-state index contributed by atoms with van der Waals surface area (Å²) in [6.45, 7) is 5.18. The maximum Gasteiger partial charge on any atom is 0.140 e. The number of hydrogen-bond acceptors (Lipinski definition) is 0. The van der Waals surface area contributed by atoms with Crippen LogP contribution in [0.2, 0.25) is 0 Å². The highest BCUT2D eigenvalue weighted by Crippen LogP contribution is 1.96. The molecule has 0 heterocycles. The number of benzene rings is 4. The molecule has 4 aromatic carbocycles. The van der Waals surface area contributed by atoms with Gasteiger partial charge in [0.2, 0.25) is 0 Å². The summed E-state index contributed by atoms with van der Waals surface area (Å²) in [6.07, 6.45) is 2.22. The van der Waals surface area contributed by atoms with Gasteiger partial charge in [0.05, 0.1) is 13.1 Å². The second-order valence-corrected chi connectivity index (χ2v) is 10.1. The van der Waals surface area contributed by atoms with Gasteiger partial charge in [-0.15, -0.1) is 0 Å². The standard InChI is InChI=1S/C40H36N2.2ClH/c1-5-19-37(20-6-1)27-15-33-41(34-16-28-38-21-7-2-8-22-38)31-13-14-32-42(35-17-29-39-23-9-3-10-24-39)36-18-30-40-25-11-4-12-26-40;;/h1-12,19-26H,13-14,31-36H2;2*1H. The molecule has 4 heteroatoms. The average molecular weight is 618 g/mol. The van der Waals surface area contributed by atoms with Crippen LogP contribution < -0.4 is 34.6 Å². The summed E-state index contributed by atoms with van der Waals surface area (Å²) in [5.41, 5.74) is 4.22. The highest BCUT2D eigenvalue weighted by atomic mass is 35.5. The molecule has 2 N–H and O–H groups in total. The Labute approximate surface area is 276 Å². The second-order valence-electron chi connectivity index (χ2n) is 10.1. The third-order valence-electron chi connectivity index (χ3n) is 6.69. The molecule has 0 aliphatic carbocycles. The van der Waals surface area contributed by atoms with Gasteiger partial charge < -0.3 is 34.6 Å². The largest absolute Gasteiger partial charge is 1.00 e. The highest BCUT2D eigenvalue weighted by Gasteiger charge is 2.09. The second kappa shape index (κ2) is 22.2. The molecule has 0 atom stereocenters. The minimum atomic E-state index is 0. The normalized spacial score (nSPS) is 9.41. The van der Waals surface area contributed by atoms with Crippen LogP contribution in [-0.4, -0.2) is 39.3 Å². The van der Waals surface area contributed by atoms with E-state index < -0.39 is 0 Å². The minimum Gasteiger partial charge on any atom is -1.00 e. The Hall–Kier alpha value is -4.38. The first-order valence-electron chi connectivity index (χ1n) is 14.7. The molecule has 0 bridgehead atoms. The summed E-state index contributed by atoms with van der Waals surface area (Å²) in [7, 11) is 0. The van der Waals surface area contributed by atoms with Crippen LogP contribution in [0.3, 0.4) is 0 Å². The smallest absolute Gasteiger partial charge is 0.140 e. The molecule has 0 saturated heterocycles. The lowest BCUT2D eigenvalue weighted by Crippen LogP contribution is -3.12. The zero-order chi connectivity index (χ0) is 28.9. The van der Waals surface area contributed by atoms with Gasteiger partial charge in [0, 0.05) is 35.1 Å². The van der Waals surface area contributed by atoms with Crippen molar-refractivity contribution < 1.29 is 34.6 Å². The summed E-state index contributed by atoms with van der Waals surface area (Å²) in [5.74, 6) is 26.8. The maximum atomic E-state index is 3.39. The van der Waals surface area contributed by atoms with E-state index in [0.29, 0.717) is 0 Å². The van der Waals surface area contributed by atoms with Gasteiger partial charge in [0.15, 0.2) is 0 Å². The van der Waals surface area contributed by atoms with Gasteiger partial charge in [-0.25, -0.2) is 0 Å². The van der Waals surface area contributed by atoms with Crippen molar-refractivity contribution in [1.82, 2.24) is 0 Å². The zero-order valence-corrected chi connectivity index (χ0v) is 26.5. The van der Waals surface area contributed by atoms with E-state index in [9.17, 15) is 0 Å². The van der Waals surface area contributed by atoms with Crippen LogP contribution in [0.5, 0.6) is 0 Å². The highest BCUT2D eigenvalue weighted by molar-refractivity contribution is 5.36. The van der Waals surface area contributed by atoms with E-state index in [2.05, 4.69) is 95.9 Å². The molecule has 0 amide bonds. The van der Waals surface area contributed by atoms with Crippen LogP contribution in [0.4, 0.5) is 0 Å². The van der Waals surface area contributed by atoms with E-state index in [1.165, 1.54) is 9.80 Å². The van der Waals surface area contributed by atoms with Crippen molar-refractivity contribution >= 4 is 0 Å². The first-order chi connectivity index (χ1) is 20.8. The Balaban J connectivity index is 0.00000337. The Morgan fingerprint density at radius 1 is 0.341 bits per heavy atom. The SMILES string of the molecule is C(#Cc1ccccc1)C[NH+](CC#Cc1ccccc1)CCCC[NH+](CC#Cc1ccccc1)CC#Cc1ccccc1.[Cl-].[Cl-]. The topological polar surface area (TPSA) is 8.88 Å². The molecule has 0 unspecified atom stereocenters. The molecular formula is C40H38Cl2N2. The first-order valence-corrected chi connectivity index (χ1v) is 14.7. The quantitative estimate of drug-likeness (QED) is 0.155. The molecule has 4 aromatic rings. The number of quaternary nitrogens is 2. The number of unbranched alkanes of at least 4 members (excludes halogenated alkanes) is 1.